The molecular formula is C10H16BrN3O3. The topological polar surface area (TPSA) is 58.8 Å². The smallest absolute Gasteiger partial charge is 0.350 e. The molecule has 0 N–H and O–H groups in total. The third-order valence-corrected chi connectivity index (χ3v) is 3.86. The average molecular weight is 306 g/mol. The summed E-state index contributed by atoms with van der Waals surface area (Å²) in [5.41, 5.74) is 0. The molecule has 0 aromatic carbocycles. The molecule has 2 aliphatic heterocycles. The second-order valence-electron chi connectivity index (χ2n) is 4.47. The van der Waals surface area contributed by atoms with Gasteiger partial charge in [-0.05, 0) is 6.42 Å². The van der Waals surface area contributed by atoms with Crippen molar-refractivity contribution in [3.05, 3.63) is 20.5 Å². The van der Waals surface area contributed by atoms with Gasteiger partial charge >= 0.3 is 4.61 Å². The van der Waals surface area contributed by atoms with Gasteiger partial charge < -0.3 is 14.5 Å². The Bertz CT molecular complexity index is 342. The van der Waals surface area contributed by atoms with Gasteiger partial charge in [-0.15, -0.1) is 0 Å². The maximum Gasteiger partial charge on any atom is 0.350 e. The zero-order valence-electron chi connectivity index (χ0n) is 9.76. The predicted octanol–water partition coefficient (Wildman–Crippen LogP) is 1.07. The Morgan fingerprint density at radius 2 is 2.41 bits per heavy atom. The molecule has 2 rings (SSSR count). The molecule has 0 radical (unpaired) electrons. The first kappa shape index (κ1) is 12.6. The van der Waals surface area contributed by atoms with E-state index < -0.39 is 0 Å². The summed E-state index contributed by atoms with van der Waals surface area (Å²) in [6, 6.07) is 0. The van der Waals surface area contributed by atoms with Gasteiger partial charge in [-0.3, -0.25) is 10.1 Å². The second-order valence-corrected chi connectivity index (χ2v) is 5.22. The molecule has 0 saturated carbocycles. The van der Waals surface area contributed by atoms with E-state index in [1.165, 1.54) is 0 Å². The quantitative estimate of drug-likeness (QED) is 0.443. The van der Waals surface area contributed by atoms with Gasteiger partial charge in [-0.2, -0.15) is 0 Å². The summed E-state index contributed by atoms with van der Waals surface area (Å²) in [7, 11) is 1.88. The number of nitro groups is 1. The largest absolute Gasteiger partial charge is 0.381 e. The SMILES string of the molecule is CN1CCN(CC2CCOC2)C1=C(Br)[N+](=O)[O-]. The number of ether oxygens (including phenoxy) is 1. The first-order valence-corrected chi connectivity index (χ1v) is 6.47. The van der Waals surface area contributed by atoms with Crippen molar-refractivity contribution >= 4 is 15.9 Å². The van der Waals surface area contributed by atoms with Crippen LogP contribution in [0, 0.1) is 16.0 Å². The summed E-state index contributed by atoms with van der Waals surface area (Å²) < 4.78 is 5.39. The normalized spacial score (nSPS) is 27.8. The van der Waals surface area contributed by atoms with Gasteiger partial charge in [-0.25, -0.2) is 0 Å². The molecule has 0 amide bonds. The monoisotopic (exact) mass is 305 g/mol. The van der Waals surface area contributed by atoms with E-state index in [1.54, 1.807) is 0 Å². The Balaban J connectivity index is 2.10. The highest BCUT2D eigenvalue weighted by molar-refractivity contribution is 9.11. The second kappa shape index (κ2) is 5.22. The number of likely N-dealkylation sites (N-methyl/N-ethyl adjacent to an activating group) is 1. The maximum atomic E-state index is 10.8. The van der Waals surface area contributed by atoms with Crippen LogP contribution in [0.3, 0.4) is 0 Å². The van der Waals surface area contributed by atoms with Gasteiger partial charge in [0.25, 0.3) is 0 Å². The Morgan fingerprint density at radius 1 is 1.65 bits per heavy atom. The molecule has 0 aromatic heterocycles. The molecule has 7 heteroatoms. The summed E-state index contributed by atoms with van der Waals surface area (Å²) >= 11 is 3.07. The number of rotatable bonds is 3. The van der Waals surface area contributed by atoms with Crippen molar-refractivity contribution in [2.24, 2.45) is 5.92 Å². The van der Waals surface area contributed by atoms with Crippen LogP contribution in [-0.4, -0.2) is 54.6 Å². The molecule has 2 heterocycles. The minimum absolute atomic E-state index is 0.0522. The van der Waals surface area contributed by atoms with Crippen LogP contribution in [0.1, 0.15) is 6.42 Å². The van der Waals surface area contributed by atoms with E-state index in [-0.39, 0.29) is 9.53 Å². The van der Waals surface area contributed by atoms with Crippen molar-refractivity contribution in [3.63, 3.8) is 0 Å². The van der Waals surface area contributed by atoms with Gasteiger partial charge in [0, 0.05) is 55.1 Å². The third-order valence-electron chi connectivity index (χ3n) is 3.21. The minimum atomic E-state index is -0.380. The zero-order valence-corrected chi connectivity index (χ0v) is 11.4. The summed E-state index contributed by atoms with van der Waals surface area (Å²) in [4.78, 5) is 14.5. The van der Waals surface area contributed by atoms with E-state index >= 15 is 0 Å². The number of nitrogens with zero attached hydrogens (tertiary/aromatic N) is 3. The van der Waals surface area contributed by atoms with Crippen LogP contribution < -0.4 is 0 Å². The van der Waals surface area contributed by atoms with Crippen molar-refractivity contribution in [2.45, 2.75) is 6.42 Å². The number of hydrogen-bond acceptors (Lipinski definition) is 5. The zero-order chi connectivity index (χ0) is 12.4. The molecule has 6 nitrogen and oxygen atoms in total. The maximum absolute atomic E-state index is 10.8. The first-order chi connectivity index (χ1) is 8.09. The van der Waals surface area contributed by atoms with E-state index in [2.05, 4.69) is 20.8 Å². The molecule has 0 aromatic rings. The van der Waals surface area contributed by atoms with Crippen LogP contribution in [-0.2, 0) is 4.74 Å². The lowest BCUT2D eigenvalue weighted by Gasteiger charge is -2.23. The van der Waals surface area contributed by atoms with Gasteiger partial charge in [0.05, 0.1) is 11.5 Å². The van der Waals surface area contributed by atoms with Gasteiger partial charge in [0.1, 0.15) is 0 Å². The molecule has 0 bridgehead atoms. The highest BCUT2D eigenvalue weighted by Gasteiger charge is 2.32. The summed E-state index contributed by atoms with van der Waals surface area (Å²) in [6.45, 7) is 4.08. The van der Waals surface area contributed by atoms with Gasteiger partial charge in [0.15, 0.2) is 5.82 Å². The molecule has 0 aliphatic carbocycles. The summed E-state index contributed by atoms with van der Waals surface area (Å²) in [5, 5.41) is 10.8. The summed E-state index contributed by atoms with van der Waals surface area (Å²) in [6.07, 6.45) is 1.05. The van der Waals surface area contributed by atoms with E-state index in [9.17, 15) is 10.1 Å². The Hall–Kier alpha value is -0.820. The fourth-order valence-corrected chi connectivity index (χ4v) is 2.86. The van der Waals surface area contributed by atoms with E-state index in [4.69, 9.17) is 4.74 Å². The summed E-state index contributed by atoms with van der Waals surface area (Å²) in [5.74, 6) is 1.17. The Labute approximate surface area is 108 Å². The molecular weight excluding hydrogens is 290 g/mol. The van der Waals surface area contributed by atoms with E-state index in [0.717, 1.165) is 39.3 Å². The van der Waals surface area contributed by atoms with Crippen LogP contribution in [0.15, 0.2) is 10.4 Å². The van der Waals surface area contributed by atoms with Crippen molar-refractivity contribution in [2.75, 3.05) is 39.9 Å². The molecule has 1 atom stereocenters. The molecule has 0 spiro atoms. The highest BCUT2D eigenvalue weighted by atomic mass is 79.9. The van der Waals surface area contributed by atoms with Crippen molar-refractivity contribution in [1.29, 1.82) is 0 Å². The minimum Gasteiger partial charge on any atom is -0.381 e. The van der Waals surface area contributed by atoms with Gasteiger partial charge in [-0.1, -0.05) is 0 Å². The van der Waals surface area contributed by atoms with Crippen molar-refractivity contribution in [3.8, 4) is 0 Å². The lowest BCUT2D eigenvalue weighted by molar-refractivity contribution is -0.411. The number of halogens is 1. The van der Waals surface area contributed by atoms with Crippen LogP contribution in [0.25, 0.3) is 0 Å². The lowest BCUT2D eigenvalue weighted by Crippen LogP contribution is -2.29. The van der Waals surface area contributed by atoms with E-state index in [1.807, 2.05) is 11.9 Å². The molecule has 2 fully saturated rings. The van der Waals surface area contributed by atoms with Crippen LogP contribution in [0.2, 0.25) is 0 Å². The Morgan fingerprint density at radius 3 is 3.00 bits per heavy atom. The highest BCUT2D eigenvalue weighted by Crippen LogP contribution is 2.26. The number of hydrogen-bond donors (Lipinski definition) is 0. The third kappa shape index (κ3) is 2.71. The molecule has 1 unspecified atom stereocenters. The molecule has 2 aliphatic rings. The van der Waals surface area contributed by atoms with Crippen LogP contribution in [0.5, 0.6) is 0 Å². The first-order valence-electron chi connectivity index (χ1n) is 5.67. The fraction of sp³-hybridized carbons (Fsp3) is 0.800. The van der Waals surface area contributed by atoms with Crippen LogP contribution in [0.4, 0.5) is 0 Å². The van der Waals surface area contributed by atoms with E-state index in [0.29, 0.717) is 11.7 Å². The fourth-order valence-electron chi connectivity index (χ4n) is 2.31. The van der Waals surface area contributed by atoms with Crippen molar-refractivity contribution in [1.82, 2.24) is 9.80 Å². The lowest BCUT2D eigenvalue weighted by atomic mass is 10.1. The van der Waals surface area contributed by atoms with Crippen LogP contribution >= 0.6 is 15.9 Å². The molecule has 2 saturated heterocycles. The Kier molecular flexibility index (Phi) is 3.88. The molecule has 96 valence electrons. The molecule has 17 heavy (non-hydrogen) atoms. The average Bonchev–Trinajstić information content (AvgIpc) is 2.89. The predicted molar refractivity (Wildman–Crippen MR) is 66.1 cm³/mol. The van der Waals surface area contributed by atoms with Crippen molar-refractivity contribution < 1.29 is 9.66 Å². The van der Waals surface area contributed by atoms with Gasteiger partial charge in [0.2, 0.25) is 0 Å². The standard InChI is InChI=1S/C10H16BrN3O3/c1-12-3-4-13(6-8-2-5-17-7-8)10(12)9(11)14(15)16/h8H,2-7H2,1H3.